The predicted octanol–water partition coefficient (Wildman–Crippen LogP) is 3.81. The molecule has 0 radical (unpaired) electrons. The van der Waals surface area contributed by atoms with Crippen molar-refractivity contribution in [2.24, 2.45) is 11.8 Å². The minimum absolute atomic E-state index is 0.0135. The van der Waals surface area contributed by atoms with Crippen molar-refractivity contribution in [3.63, 3.8) is 0 Å². The second-order valence-corrected chi connectivity index (χ2v) is 13.9. The van der Waals surface area contributed by atoms with Gasteiger partial charge >= 0.3 is 0 Å². The molecular formula is C34H34FN7O3S. The molecule has 12 heteroatoms. The Hall–Kier alpha value is -4.31. The highest BCUT2D eigenvalue weighted by molar-refractivity contribution is 7.16. The van der Waals surface area contributed by atoms with Crippen molar-refractivity contribution in [2.75, 3.05) is 62.7 Å². The van der Waals surface area contributed by atoms with Gasteiger partial charge in [0.25, 0.3) is 5.56 Å². The number of aliphatic hydroxyl groups excluding tert-OH is 1. The minimum Gasteiger partial charge on any atom is -0.392 e. The quantitative estimate of drug-likeness (QED) is 0.325. The molecule has 4 aliphatic rings. The maximum absolute atomic E-state index is 13.6. The number of rotatable bonds is 7. The highest BCUT2D eigenvalue weighted by Gasteiger charge is 2.56. The van der Waals surface area contributed by atoms with Crippen LogP contribution in [0.3, 0.4) is 0 Å². The maximum Gasteiger partial charge on any atom is 0.258 e. The fraction of sp³-hybridized carbons (Fsp3) is 0.412. The van der Waals surface area contributed by atoms with Gasteiger partial charge in [0.05, 0.1) is 18.3 Å². The number of thiazole rings is 1. The molecule has 0 bridgehead atoms. The van der Waals surface area contributed by atoms with Gasteiger partial charge in [0.2, 0.25) is 5.91 Å². The summed E-state index contributed by atoms with van der Waals surface area (Å²) in [4.78, 5) is 40.0. The first kappa shape index (κ1) is 29.1. The molecule has 2 saturated carbocycles. The molecule has 1 amide bonds. The normalized spacial score (nSPS) is 22.6. The van der Waals surface area contributed by atoms with Crippen LogP contribution in [0.15, 0.2) is 53.5 Å². The Labute approximate surface area is 269 Å². The highest BCUT2D eigenvalue weighted by atomic mass is 32.1. The summed E-state index contributed by atoms with van der Waals surface area (Å²) in [6, 6.07) is 14.4. The van der Waals surface area contributed by atoms with Gasteiger partial charge in [0, 0.05) is 92.4 Å². The van der Waals surface area contributed by atoms with Crippen LogP contribution >= 0.6 is 11.3 Å². The fourth-order valence-electron chi connectivity index (χ4n) is 7.01. The molecule has 4 heterocycles. The van der Waals surface area contributed by atoms with E-state index in [1.54, 1.807) is 12.1 Å². The first-order chi connectivity index (χ1) is 22.3. The number of aromatic nitrogens is 2. The van der Waals surface area contributed by atoms with Crippen LogP contribution < -0.4 is 15.4 Å². The van der Waals surface area contributed by atoms with Crippen molar-refractivity contribution in [3.8, 4) is 17.3 Å². The first-order valence-corrected chi connectivity index (χ1v) is 16.6. The zero-order chi connectivity index (χ0) is 31.7. The Bertz CT molecular complexity index is 1930. The lowest BCUT2D eigenvalue weighted by atomic mass is 10.1. The Kier molecular flexibility index (Phi) is 7.08. The molecule has 8 rings (SSSR count). The van der Waals surface area contributed by atoms with Crippen LogP contribution in [0.1, 0.15) is 23.8 Å². The van der Waals surface area contributed by atoms with Crippen molar-refractivity contribution in [1.82, 2.24) is 19.4 Å². The van der Waals surface area contributed by atoms with Crippen LogP contribution in [0.4, 0.5) is 20.9 Å². The second kappa shape index (κ2) is 11.2. The van der Waals surface area contributed by atoms with E-state index in [4.69, 9.17) is 4.98 Å². The van der Waals surface area contributed by atoms with Crippen LogP contribution in [0.5, 0.6) is 0 Å². The number of nitrogens with zero attached hydrogens (tertiary/aromatic N) is 7. The number of anilines is 3. The van der Waals surface area contributed by atoms with E-state index in [0.717, 1.165) is 55.8 Å². The third kappa shape index (κ3) is 5.12. The number of aliphatic hydroxyl groups is 1. The van der Waals surface area contributed by atoms with Crippen molar-refractivity contribution >= 4 is 44.5 Å². The third-order valence-electron chi connectivity index (χ3n) is 10.0. The predicted molar refractivity (Wildman–Crippen MR) is 175 cm³/mol. The minimum atomic E-state index is -0.353. The monoisotopic (exact) mass is 639 g/mol. The summed E-state index contributed by atoms with van der Waals surface area (Å²) in [6.07, 6.45) is 3.62. The molecule has 2 aliphatic carbocycles. The van der Waals surface area contributed by atoms with Crippen LogP contribution in [0, 0.1) is 29.0 Å². The number of hydrogen-bond acceptors (Lipinski definition) is 9. The summed E-state index contributed by atoms with van der Waals surface area (Å²) in [5.41, 5.74) is 2.99. The molecule has 1 N–H and O–H groups in total. The second-order valence-electron chi connectivity index (χ2n) is 12.9. The Morgan fingerprint density at radius 3 is 2.48 bits per heavy atom. The lowest BCUT2D eigenvalue weighted by Crippen LogP contribution is -2.50. The molecule has 10 nitrogen and oxygen atoms in total. The molecule has 0 spiro atoms. The standard InChI is InChI=1S/C34H34FN7O3S/c1-38(34-37-31(29(15-36)46-34)20-2-4-21(35)5-3-20)28-18-42(22-6-7-22)33(45)24-9-8-23(14-25(24)28)40-12-10-39(11-13-40)19-30(43)41-16-26-27(17-41)32(26)44/h2-5,8-9,14,18,22,26-27,32,44H,6-7,10-13,16-17,19H2,1H3/t26-,27+,32?. The number of likely N-dealkylation sites (tertiary alicyclic amines) is 1. The van der Waals surface area contributed by atoms with E-state index >= 15 is 0 Å². The van der Waals surface area contributed by atoms with Gasteiger partial charge in [-0.1, -0.05) is 11.3 Å². The van der Waals surface area contributed by atoms with Gasteiger partial charge in [-0.25, -0.2) is 9.37 Å². The molecule has 236 valence electrons. The average Bonchev–Trinajstić information content (AvgIpc) is 3.89. The Morgan fingerprint density at radius 2 is 1.80 bits per heavy atom. The SMILES string of the molecule is CN(c1nc(-c2ccc(F)cc2)c(C#N)s1)c1cn(C2CC2)c(=O)c2ccc(N3CCN(CC(=O)N4C[C@@H]5C(O)[C@@H]5C4)CC3)cc12. The van der Waals surface area contributed by atoms with Crippen molar-refractivity contribution in [1.29, 1.82) is 5.26 Å². The van der Waals surface area contributed by atoms with Crippen LogP contribution in [0.25, 0.3) is 22.0 Å². The molecule has 4 aromatic rings. The molecule has 2 aliphatic heterocycles. The number of amides is 1. The molecule has 1 unspecified atom stereocenters. The fourth-order valence-corrected chi connectivity index (χ4v) is 7.87. The van der Waals surface area contributed by atoms with E-state index in [0.29, 0.717) is 46.3 Å². The zero-order valence-corrected chi connectivity index (χ0v) is 26.3. The molecule has 4 fully saturated rings. The number of piperazine rings is 1. The smallest absolute Gasteiger partial charge is 0.258 e. The molecule has 3 atom stereocenters. The number of nitriles is 1. The van der Waals surface area contributed by atoms with Crippen molar-refractivity contribution < 1.29 is 14.3 Å². The molecule has 46 heavy (non-hydrogen) atoms. The van der Waals surface area contributed by atoms with Crippen LogP contribution in [-0.2, 0) is 4.79 Å². The maximum atomic E-state index is 13.6. The van der Waals surface area contributed by atoms with Gasteiger partial charge in [0.1, 0.15) is 22.5 Å². The van der Waals surface area contributed by atoms with E-state index in [-0.39, 0.29) is 41.3 Å². The number of fused-ring (bicyclic) bond motifs is 2. The first-order valence-electron chi connectivity index (χ1n) is 15.8. The summed E-state index contributed by atoms with van der Waals surface area (Å²) >= 11 is 1.27. The molecule has 2 aromatic carbocycles. The summed E-state index contributed by atoms with van der Waals surface area (Å²) in [5, 5.41) is 21.8. The van der Waals surface area contributed by atoms with Gasteiger partial charge in [-0.3, -0.25) is 14.5 Å². The number of halogens is 1. The van der Waals surface area contributed by atoms with E-state index in [9.17, 15) is 24.3 Å². The lowest BCUT2D eigenvalue weighted by Gasteiger charge is -2.36. The van der Waals surface area contributed by atoms with Gasteiger partial charge in [0.15, 0.2) is 5.13 Å². The number of hydrogen-bond donors (Lipinski definition) is 1. The number of benzene rings is 2. The third-order valence-corrected chi connectivity index (χ3v) is 11.1. The number of carbonyl (C=O) groups is 1. The van der Waals surface area contributed by atoms with E-state index in [1.165, 1.54) is 23.5 Å². The Morgan fingerprint density at radius 1 is 1.09 bits per heavy atom. The van der Waals surface area contributed by atoms with Gasteiger partial charge in [-0.2, -0.15) is 5.26 Å². The lowest BCUT2D eigenvalue weighted by molar-refractivity contribution is -0.132. The van der Waals surface area contributed by atoms with Crippen LogP contribution in [0.2, 0.25) is 0 Å². The van der Waals surface area contributed by atoms with Crippen LogP contribution in [-0.4, -0.2) is 89.3 Å². The van der Waals surface area contributed by atoms with E-state index < -0.39 is 0 Å². The van der Waals surface area contributed by atoms with E-state index in [2.05, 4.69) is 21.9 Å². The summed E-state index contributed by atoms with van der Waals surface area (Å²) in [5.74, 6) is 0.329. The number of pyridine rings is 1. The van der Waals surface area contributed by atoms with E-state index in [1.807, 2.05) is 39.7 Å². The van der Waals surface area contributed by atoms with Crippen molar-refractivity contribution in [3.05, 3.63) is 69.7 Å². The van der Waals surface area contributed by atoms with Gasteiger partial charge in [-0.05, 0) is 55.3 Å². The molecular weight excluding hydrogens is 605 g/mol. The zero-order valence-electron chi connectivity index (χ0n) is 25.5. The molecule has 2 aromatic heterocycles. The number of carbonyl (C=O) groups excluding carboxylic acids is 1. The largest absolute Gasteiger partial charge is 0.392 e. The van der Waals surface area contributed by atoms with Gasteiger partial charge < -0.3 is 24.4 Å². The summed E-state index contributed by atoms with van der Waals surface area (Å²) in [6.45, 7) is 4.77. The Balaban J connectivity index is 1.06. The summed E-state index contributed by atoms with van der Waals surface area (Å²) in [7, 11) is 1.90. The topological polar surface area (TPSA) is 109 Å². The van der Waals surface area contributed by atoms with Crippen molar-refractivity contribution in [2.45, 2.75) is 25.0 Å². The highest BCUT2D eigenvalue weighted by Crippen LogP contribution is 2.45. The molecule has 2 saturated heterocycles. The number of piperidine rings is 1. The van der Waals surface area contributed by atoms with Gasteiger partial charge in [-0.15, -0.1) is 0 Å². The average molecular weight is 640 g/mol. The summed E-state index contributed by atoms with van der Waals surface area (Å²) < 4.78 is 15.4.